The van der Waals surface area contributed by atoms with E-state index in [1.165, 1.54) is 6.07 Å². The van der Waals surface area contributed by atoms with Gasteiger partial charge in [0.1, 0.15) is 0 Å². The summed E-state index contributed by atoms with van der Waals surface area (Å²) < 4.78 is 27.4. The molecule has 0 aliphatic carbocycles. The highest BCUT2D eigenvalue weighted by Crippen LogP contribution is 2.35. The third-order valence-electron chi connectivity index (χ3n) is 3.02. The standard InChI is InChI=1S/C14H14Cl2N2O2S/c1-8-3-5-10(17)7-12(8)21(19,20)18-14-11(15)6-4-9(2)13(14)16/h3-7,18H,17H2,1-2H3. The van der Waals surface area contributed by atoms with Gasteiger partial charge in [0, 0.05) is 5.69 Å². The van der Waals surface area contributed by atoms with Crippen LogP contribution in [-0.2, 0) is 10.0 Å². The summed E-state index contributed by atoms with van der Waals surface area (Å²) in [6.07, 6.45) is 0. The fraction of sp³-hybridized carbons (Fsp3) is 0.143. The van der Waals surface area contributed by atoms with Crippen LogP contribution >= 0.6 is 23.2 Å². The van der Waals surface area contributed by atoms with Gasteiger partial charge in [-0.3, -0.25) is 4.72 Å². The number of nitrogens with one attached hydrogen (secondary N) is 1. The Hall–Kier alpha value is -1.43. The topological polar surface area (TPSA) is 72.2 Å². The summed E-state index contributed by atoms with van der Waals surface area (Å²) >= 11 is 12.2. The number of nitrogens with two attached hydrogens (primary N) is 1. The molecule has 21 heavy (non-hydrogen) atoms. The number of benzene rings is 2. The van der Waals surface area contributed by atoms with E-state index < -0.39 is 10.0 Å². The van der Waals surface area contributed by atoms with E-state index in [9.17, 15) is 8.42 Å². The van der Waals surface area contributed by atoms with Crippen LogP contribution in [0.15, 0.2) is 35.2 Å². The van der Waals surface area contributed by atoms with Crippen LogP contribution in [0, 0.1) is 13.8 Å². The van der Waals surface area contributed by atoms with Crippen LogP contribution in [0.5, 0.6) is 0 Å². The molecule has 112 valence electrons. The minimum absolute atomic E-state index is 0.0936. The van der Waals surface area contributed by atoms with Gasteiger partial charge in [-0.25, -0.2) is 8.42 Å². The molecule has 4 nitrogen and oxygen atoms in total. The Morgan fingerprint density at radius 2 is 1.67 bits per heavy atom. The molecule has 0 aromatic heterocycles. The minimum Gasteiger partial charge on any atom is -0.399 e. The fourth-order valence-electron chi connectivity index (χ4n) is 1.85. The van der Waals surface area contributed by atoms with E-state index >= 15 is 0 Å². The second kappa shape index (κ2) is 5.75. The van der Waals surface area contributed by atoms with Crippen molar-refractivity contribution in [3.63, 3.8) is 0 Å². The van der Waals surface area contributed by atoms with Crippen molar-refractivity contribution in [2.75, 3.05) is 10.5 Å². The Morgan fingerprint density at radius 1 is 1.05 bits per heavy atom. The maximum Gasteiger partial charge on any atom is 0.262 e. The van der Waals surface area contributed by atoms with Gasteiger partial charge in [0.2, 0.25) is 0 Å². The first-order valence-corrected chi connectivity index (χ1v) is 8.30. The molecule has 7 heteroatoms. The number of nitrogen functional groups attached to an aromatic ring is 1. The molecular weight excluding hydrogens is 331 g/mol. The number of sulfonamides is 1. The highest BCUT2D eigenvalue weighted by Gasteiger charge is 2.20. The summed E-state index contributed by atoms with van der Waals surface area (Å²) in [5.74, 6) is 0. The molecule has 0 saturated heterocycles. The zero-order valence-electron chi connectivity index (χ0n) is 11.4. The molecule has 0 aliphatic rings. The first-order chi connectivity index (χ1) is 9.72. The van der Waals surface area contributed by atoms with Gasteiger partial charge in [0.15, 0.2) is 0 Å². The monoisotopic (exact) mass is 344 g/mol. The summed E-state index contributed by atoms with van der Waals surface area (Å²) in [6, 6.07) is 7.99. The van der Waals surface area contributed by atoms with Crippen molar-refractivity contribution < 1.29 is 8.42 Å². The molecule has 0 heterocycles. The number of aryl methyl sites for hydroxylation is 2. The maximum atomic E-state index is 12.5. The van der Waals surface area contributed by atoms with E-state index in [0.717, 1.165) is 5.56 Å². The van der Waals surface area contributed by atoms with Crippen molar-refractivity contribution >= 4 is 44.6 Å². The van der Waals surface area contributed by atoms with Gasteiger partial charge in [0.25, 0.3) is 10.0 Å². The molecule has 2 aromatic carbocycles. The average Bonchev–Trinajstić information content (AvgIpc) is 2.42. The number of hydrogen-bond donors (Lipinski definition) is 2. The zero-order valence-corrected chi connectivity index (χ0v) is 13.8. The highest BCUT2D eigenvalue weighted by atomic mass is 35.5. The predicted octanol–water partition coefficient (Wildman–Crippen LogP) is 3.99. The van der Waals surface area contributed by atoms with Crippen molar-refractivity contribution in [1.29, 1.82) is 0 Å². The Morgan fingerprint density at radius 3 is 2.33 bits per heavy atom. The van der Waals surface area contributed by atoms with Crippen LogP contribution in [-0.4, -0.2) is 8.42 Å². The van der Waals surface area contributed by atoms with Gasteiger partial charge in [-0.1, -0.05) is 35.3 Å². The van der Waals surface area contributed by atoms with Crippen molar-refractivity contribution in [2.45, 2.75) is 18.7 Å². The van der Waals surface area contributed by atoms with E-state index in [-0.39, 0.29) is 20.6 Å². The summed E-state index contributed by atoms with van der Waals surface area (Å²) in [6.45, 7) is 3.45. The van der Waals surface area contributed by atoms with Crippen molar-refractivity contribution in [2.24, 2.45) is 0 Å². The Kier molecular flexibility index (Phi) is 4.37. The molecule has 0 bridgehead atoms. The molecule has 0 radical (unpaired) electrons. The summed E-state index contributed by atoms with van der Waals surface area (Å²) in [5.41, 5.74) is 7.49. The lowest BCUT2D eigenvalue weighted by Crippen LogP contribution is -2.15. The molecular formula is C14H14Cl2N2O2S. The smallest absolute Gasteiger partial charge is 0.262 e. The quantitative estimate of drug-likeness (QED) is 0.826. The van der Waals surface area contributed by atoms with E-state index in [0.29, 0.717) is 11.3 Å². The Labute approximate surface area is 133 Å². The third kappa shape index (κ3) is 3.26. The first kappa shape index (κ1) is 15.9. The van der Waals surface area contributed by atoms with Crippen molar-refractivity contribution in [3.05, 3.63) is 51.5 Å². The van der Waals surface area contributed by atoms with Crippen LogP contribution in [0.25, 0.3) is 0 Å². The van der Waals surface area contributed by atoms with Gasteiger partial charge in [-0.05, 0) is 43.2 Å². The normalized spacial score (nSPS) is 11.4. The van der Waals surface area contributed by atoms with Crippen LogP contribution < -0.4 is 10.5 Å². The van der Waals surface area contributed by atoms with Crippen LogP contribution in [0.3, 0.4) is 0 Å². The predicted molar refractivity (Wildman–Crippen MR) is 87.6 cm³/mol. The average molecular weight is 345 g/mol. The van der Waals surface area contributed by atoms with Crippen molar-refractivity contribution in [1.82, 2.24) is 0 Å². The fourth-order valence-corrected chi connectivity index (χ4v) is 3.80. The molecule has 0 unspecified atom stereocenters. The number of rotatable bonds is 3. The molecule has 2 rings (SSSR count). The molecule has 3 N–H and O–H groups in total. The minimum atomic E-state index is -3.83. The van der Waals surface area contributed by atoms with E-state index in [4.69, 9.17) is 28.9 Å². The number of anilines is 2. The number of halogens is 2. The molecule has 0 spiro atoms. The lowest BCUT2D eigenvalue weighted by molar-refractivity contribution is 0.600. The van der Waals surface area contributed by atoms with Crippen LogP contribution in [0.4, 0.5) is 11.4 Å². The summed E-state index contributed by atoms with van der Waals surface area (Å²) in [5, 5.41) is 0.503. The lowest BCUT2D eigenvalue weighted by Gasteiger charge is -2.14. The Bertz CT molecular complexity index is 805. The SMILES string of the molecule is Cc1ccc(N)cc1S(=O)(=O)Nc1c(Cl)ccc(C)c1Cl. The molecule has 2 aromatic rings. The zero-order chi connectivity index (χ0) is 15.8. The van der Waals surface area contributed by atoms with Gasteiger partial charge in [0.05, 0.1) is 20.6 Å². The lowest BCUT2D eigenvalue weighted by atomic mass is 10.2. The molecule has 0 fully saturated rings. The van der Waals surface area contributed by atoms with Gasteiger partial charge >= 0.3 is 0 Å². The summed E-state index contributed by atoms with van der Waals surface area (Å²) in [7, 11) is -3.83. The highest BCUT2D eigenvalue weighted by molar-refractivity contribution is 7.92. The maximum absolute atomic E-state index is 12.5. The van der Waals surface area contributed by atoms with Crippen molar-refractivity contribution in [3.8, 4) is 0 Å². The summed E-state index contributed by atoms with van der Waals surface area (Å²) in [4.78, 5) is 0.0936. The third-order valence-corrected chi connectivity index (χ3v) is 5.32. The van der Waals surface area contributed by atoms with Gasteiger partial charge in [-0.15, -0.1) is 0 Å². The molecule has 0 amide bonds. The second-order valence-corrected chi connectivity index (χ2v) is 7.12. The molecule has 0 aliphatic heterocycles. The van der Waals surface area contributed by atoms with E-state index in [1.807, 2.05) is 0 Å². The van der Waals surface area contributed by atoms with E-state index in [2.05, 4.69) is 4.72 Å². The number of hydrogen-bond acceptors (Lipinski definition) is 3. The van der Waals surface area contributed by atoms with Gasteiger partial charge in [-0.2, -0.15) is 0 Å². The van der Waals surface area contributed by atoms with Crippen LogP contribution in [0.1, 0.15) is 11.1 Å². The van der Waals surface area contributed by atoms with Crippen LogP contribution in [0.2, 0.25) is 10.0 Å². The second-order valence-electron chi connectivity index (χ2n) is 4.68. The van der Waals surface area contributed by atoms with Gasteiger partial charge < -0.3 is 5.73 Å². The first-order valence-electron chi connectivity index (χ1n) is 6.06. The largest absolute Gasteiger partial charge is 0.399 e. The molecule has 0 saturated carbocycles. The Balaban J connectivity index is 2.53. The molecule has 0 atom stereocenters. The van der Waals surface area contributed by atoms with E-state index in [1.54, 1.807) is 38.1 Å².